The van der Waals surface area contributed by atoms with Crippen molar-refractivity contribution in [2.24, 2.45) is 0 Å². The highest BCUT2D eigenvalue weighted by atomic mass is 35.5. The maximum atomic E-state index is 12.3. The van der Waals surface area contributed by atoms with Gasteiger partial charge in [-0.2, -0.15) is 0 Å². The zero-order valence-electron chi connectivity index (χ0n) is 11.0. The number of rotatable bonds is 2. The smallest absolute Gasteiger partial charge is 0.254 e. The number of fused-ring (bicyclic) bond motifs is 1. The number of carbonyl (C=O) groups excluding carboxylic acids is 1. The van der Waals surface area contributed by atoms with E-state index in [1.165, 1.54) is 19.4 Å². The van der Waals surface area contributed by atoms with Crippen LogP contribution in [0.1, 0.15) is 35.3 Å². The van der Waals surface area contributed by atoms with Gasteiger partial charge in [0.15, 0.2) is 0 Å². The number of carbonyl (C=O) groups is 1. The predicted molar refractivity (Wildman–Crippen MR) is 74.5 cm³/mol. The summed E-state index contributed by atoms with van der Waals surface area (Å²) in [5.41, 5.74) is 1.30. The number of hydrogen-bond donors (Lipinski definition) is 1. The van der Waals surface area contributed by atoms with Gasteiger partial charge in [0.25, 0.3) is 5.91 Å². The Balaban J connectivity index is 1.71. The fourth-order valence-electron chi connectivity index (χ4n) is 3.19. The molecule has 2 saturated heterocycles. The van der Waals surface area contributed by atoms with Crippen LogP contribution in [0.3, 0.4) is 0 Å². The summed E-state index contributed by atoms with van der Waals surface area (Å²) in [6.07, 6.45) is 5.02. The number of amides is 1. The minimum Gasteiger partial charge on any atom is -0.348 e. The average Bonchev–Trinajstić information content (AvgIpc) is 2.94. The monoisotopic (exact) mass is 279 g/mol. The van der Waals surface area contributed by atoms with Crippen molar-refractivity contribution in [3.05, 3.63) is 28.5 Å². The van der Waals surface area contributed by atoms with Gasteiger partial charge in [-0.25, -0.2) is 0 Å². The summed E-state index contributed by atoms with van der Waals surface area (Å²) in [6.45, 7) is 4.13. The molecule has 2 fully saturated rings. The van der Waals surface area contributed by atoms with Gasteiger partial charge in [-0.05, 0) is 38.8 Å². The van der Waals surface area contributed by atoms with Crippen molar-refractivity contribution in [3.63, 3.8) is 0 Å². The molecule has 5 heteroatoms. The van der Waals surface area contributed by atoms with Crippen LogP contribution in [0, 0.1) is 6.92 Å². The highest BCUT2D eigenvalue weighted by molar-refractivity contribution is 6.33. The highest BCUT2D eigenvalue weighted by Gasteiger charge is 2.38. The van der Waals surface area contributed by atoms with Crippen LogP contribution in [0.25, 0.3) is 0 Å². The Morgan fingerprint density at radius 3 is 3.11 bits per heavy atom. The van der Waals surface area contributed by atoms with Crippen LogP contribution in [0.5, 0.6) is 0 Å². The van der Waals surface area contributed by atoms with Crippen LogP contribution in [-0.2, 0) is 0 Å². The van der Waals surface area contributed by atoms with E-state index in [0.29, 0.717) is 16.6 Å². The lowest BCUT2D eigenvalue weighted by Crippen LogP contribution is -2.42. The molecule has 2 unspecified atom stereocenters. The first kappa shape index (κ1) is 12.9. The third-order valence-corrected chi connectivity index (χ3v) is 4.47. The molecule has 19 heavy (non-hydrogen) atoms. The molecule has 2 aliphatic rings. The third-order valence-electron chi connectivity index (χ3n) is 4.16. The van der Waals surface area contributed by atoms with Crippen molar-refractivity contribution >= 4 is 17.5 Å². The van der Waals surface area contributed by atoms with E-state index in [1.807, 2.05) is 6.92 Å². The standard InChI is InChI=1S/C14H18ClN3O/c1-9-7-11(15)10(8-16-9)14(19)17-12-4-6-18-5-2-3-13(12)18/h7-8,12-13H,2-6H2,1H3,(H,17,19). The lowest BCUT2D eigenvalue weighted by molar-refractivity contribution is 0.0929. The molecule has 0 saturated carbocycles. The maximum Gasteiger partial charge on any atom is 0.254 e. The molecule has 2 atom stereocenters. The van der Waals surface area contributed by atoms with Crippen molar-refractivity contribution in [1.82, 2.24) is 15.2 Å². The van der Waals surface area contributed by atoms with Crippen molar-refractivity contribution in [2.45, 2.75) is 38.3 Å². The molecule has 0 spiro atoms. The van der Waals surface area contributed by atoms with Crippen molar-refractivity contribution < 1.29 is 4.79 Å². The largest absolute Gasteiger partial charge is 0.348 e. The van der Waals surface area contributed by atoms with Gasteiger partial charge in [-0.15, -0.1) is 0 Å². The molecule has 0 aliphatic carbocycles. The Bertz CT molecular complexity index is 505. The molecule has 3 rings (SSSR count). The molecule has 0 radical (unpaired) electrons. The fraction of sp³-hybridized carbons (Fsp3) is 0.571. The first-order chi connectivity index (χ1) is 9.15. The van der Waals surface area contributed by atoms with Crippen molar-refractivity contribution in [2.75, 3.05) is 13.1 Å². The first-order valence-corrected chi connectivity index (χ1v) is 7.20. The molecule has 2 aliphatic heterocycles. The summed E-state index contributed by atoms with van der Waals surface area (Å²) in [4.78, 5) is 18.9. The average molecular weight is 280 g/mol. The van der Waals surface area contributed by atoms with Crippen LogP contribution in [0.4, 0.5) is 0 Å². The van der Waals surface area contributed by atoms with Crippen molar-refractivity contribution in [1.29, 1.82) is 0 Å². The number of nitrogens with one attached hydrogen (secondary N) is 1. The van der Waals surface area contributed by atoms with E-state index in [1.54, 1.807) is 12.3 Å². The van der Waals surface area contributed by atoms with Crippen LogP contribution in [-0.4, -0.2) is 41.0 Å². The Kier molecular flexibility index (Phi) is 3.46. The molecule has 1 aromatic heterocycles. The summed E-state index contributed by atoms with van der Waals surface area (Å²) >= 11 is 6.11. The number of aromatic nitrogens is 1. The summed E-state index contributed by atoms with van der Waals surface area (Å²) in [5.74, 6) is -0.101. The van der Waals surface area contributed by atoms with Gasteiger partial charge in [0.2, 0.25) is 0 Å². The Morgan fingerprint density at radius 2 is 2.32 bits per heavy atom. The second-order valence-corrected chi connectivity index (χ2v) is 5.83. The summed E-state index contributed by atoms with van der Waals surface area (Å²) < 4.78 is 0. The minimum absolute atomic E-state index is 0.101. The predicted octanol–water partition coefficient (Wildman–Crippen LogP) is 2.01. The minimum atomic E-state index is -0.101. The van der Waals surface area contributed by atoms with Crippen LogP contribution < -0.4 is 5.32 Å². The van der Waals surface area contributed by atoms with Gasteiger partial charge in [0.05, 0.1) is 10.6 Å². The second-order valence-electron chi connectivity index (χ2n) is 5.42. The quantitative estimate of drug-likeness (QED) is 0.901. The maximum absolute atomic E-state index is 12.3. The van der Waals surface area contributed by atoms with Gasteiger partial charge >= 0.3 is 0 Å². The Labute approximate surface area is 118 Å². The summed E-state index contributed by atoms with van der Waals surface area (Å²) in [7, 11) is 0. The van der Waals surface area contributed by atoms with Gasteiger partial charge in [0.1, 0.15) is 0 Å². The van der Waals surface area contributed by atoms with E-state index < -0.39 is 0 Å². The summed E-state index contributed by atoms with van der Waals surface area (Å²) in [6, 6.07) is 2.50. The van der Waals surface area contributed by atoms with E-state index in [2.05, 4.69) is 15.2 Å². The normalized spacial score (nSPS) is 26.4. The molecule has 4 nitrogen and oxygen atoms in total. The molecular weight excluding hydrogens is 262 g/mol. The van der Waals surface area contributed by atoms with E-state index in [4.69, 9.17) is 11.6 Å². The van der Waals surface area contributed by atoms with Gasteiger partial charge in [-0.1, -0.05) is 11.6 Å². The number of pyridine rings is 1. The number of halogens is 1. The van der Waals surface area contributed by atoms with E-state index >= 15 is 0 Å². The zero-order valence-corrected chi connectivity index (χ0v) is 11.8. The number of nitrogens with zero attached hydrogens (tertiary/aromatic N) is 2. The van der Waals surface area contributed by atoms with Crippen LogP contribution in [0.15, 0.2) is 12.3 Å². The van der Waals surface area contributed by atoms with E-state index in [0.717, 1.165) is 18.7 Å². The SMILES string of the molecule is Cc1cc(Cl)c(C(=O)NC2CCN3CCCC23)cn1. The topological polar surface area (TPSA) is 45.2 Å². The fourth-order valence-corrected chi connectivity index (χ4v) is 3.48. The Morgan fingerprint density at radius 1 is 1.47 bits per heavy atom. The lowest BCUT2D eigenvalue weighted by Gasteiger charge is -2.21. The van der Waals surface area contributed by atoms with Gasteiger partial charge in [-0.3, -0.25) is 14.7 Å². The van der Waals surface area contributed by atoms with E-state index in [-0.39, 0.29) is 11.9 Å². The van der Waals surface area contributed by atoms with Gasteiger partial charge in [0, 0.05) is 30.5 Å². The van der Waals surface area contributed by atoms with Gasteiger partial charge < -0.3 is 5.32 Å². The number of hydrogen-bond acceptors (Lipinski definition) is 3. The molecule has 3 heterocycles. The third kappa shape index (κ3) is 2.47. The van der Waals surface area contributed by atoms with Crippen molar-refractivity contribution in [3.8, 4) is 0 Å². The van der Waals surface area contributed by atoms with Crippen LogP contribution in [0.2, 0.25) is 5.02 Å². The molecule has 102 valence electrons. The molecular formula is C14H18ClN3O. The lowest BCUT2D eigenvalue weighted by atomic mass is 10.1. The Hall–Kier alpha value is -1.13. The number of aryl methyl sites for hydroxylation is 1. The molecule has 1 amide bonds. The first-order valence-electron chi connectivity index (χ1n) is 6.82. The highest BCUT2D eigenvalue weighted by Crippen LogP contribution is 2.28. The molecule has 1 N–H and O–H groups in total. The van der Waals surface area contributed by atoms with Crippen LogP contribution >= 0.6 is 11.6 Å². The molecule has 0 bridgehead atoms. The summed E-state index contributed by atoms with van der Waals surface area (Å²) in [5, 5.41) is 3.60. The molecule has 1 aromatic rings. The molecule has 0 aromatic carbocycles. The second kappa shape index (κ2) is 5.10. The van der Waals surface area contributed by atoms with E-state index in [9.17, 15) is 4.79 Å². The zero-order chi connectivity index (χ0) is 13.4.